The minimum atomic E-state index is -0.268. The molecule has 0 saturated carbocycles. The Morgan fingerprint density at radius 2 is 1.97 bits per heavy atom. The van der Waals surface area contributed by atoms with Crippen LogP contribution in [-0.4, -0.2) is 63.1 Å². The molecule has 0 aliphatic carbocycles. The average molecular weight is 516 g/mol. The smallest absolute Gasteiger partial charge is 0.410 e. The molecule has 1 aromatic carbocycles. The molecule has 4 heterocycles. The predicted octanol–water partition coefficient (Wildman–Crippen LogP) is 4.78. The van der Waals surface area contributed by atoms with Crippen LogP contribution in [0.2, 0.25) is 5.02 Å². The van der Waals surface area contributed by atoms with E-state index in [1.165, 1.54) is 4.68 Å². The van der Waals surface area contributed by atoms with Gasteiger partial charge in [-0.25, -0.2) is 9.78 Å². The van der Waals surface area contributed by atoms with E-state index in [1.54, 1.807) is 17.0 Å². The van der Waals surface area contributed by atoms with E-state index in [0.717, 1.165) is 67.6 Å². The number of carbonyl (C=O) groups excluding carboxylic acids is 1. The number of H-pyrrole nitrogens is 2. The Bertz CT molecular complexity index is 1270. The van der Waals surface area contributed by atoms with Gasteiger partial charge in [-0.05, 0) is 76.5 Å². The van der Waals surface area contributed by atoms with Gasteiger partial charge in [0.05, 0.1) is 17.1 Å². The number of ether oxygens (including phenoxy) is 2. The van der Waals surface area contributed by atoms with Gasteiger partial charge < -0.3 is 19.4 Å². The molecule has 0 unspecified atom stereocenters. The van der Waals surface area contributed by atoms with E-state index in [4.69, 9.17) is 21.1 Å². The number of aromatic amines is 2. The third-order valence-electron chi connectivity index (χ3n) is 7.30. The first-order valence-corrected chi connectivity index (χ1v) is 13.3. The largest absolute Gasteiger partial charge is 0.447 e. The van der Waals surface area contributed by atoms with Crippen molar-refractivity contribution in [2.45, 2.75) is 64.4 Å². The topological polar surface area (TPSA) is 105 Å². The van der Waals surface area contributed by atoms with E-state index in [1.807, 2.05) is 19.9 Å². The number of fused-ring (bicyclic) bond motifs is 1. The highest BCUT2D eigenvalue weighted by Gasteiger charge is 2.30. The Balaban J connectivity index is 1.42. The summed E-state index contributed by atoms with van der Waals surface area (Å²) in [6.07, 6.45) is 4.87. The van der Waals surface area contributed by atoms with E-state index in [9.17, 15) is 9.59 Å². The molecule has 2 aromatic heterocycles. The van der Waals surface area contributed by atoms with Crippen molar-refractivity contribution in [1.29, 1.82) is 0 Å². The summed E-state index contributed by atoms with van der Waals surface area (Å²) in [5, 5.41) is 4.00. The molecule has 0 atom stereocenters. The van der Waals surface area contributed by atoms with Crippen molar-refractivity contribution >= 4 is 28.7 Å². The van der Waals surface area contributed by atoms with Crippen molar-refractivity contribution in [2.75, 3.05) is 26.3 Å². The van der Waals surface area contributed by atoms with Gasteiger partial charge in [0.25, 0.3) is 5.56 Å². The first-order valence-electron chi connectivity index (χ1n) is 12.9. The Morgan fingerprint density at radius 1 is 1.22 bits per heavy atom. The molecule has 0 bridgehead atoms. The number of rotatable bonds is 6. The lowest BCUT2D eigenvalue weighted by Gasteiger charge is -2.31. The maximum atomic E-state index is 13.7. The lowest BCUT2D eigenvalue weighted by molar-refractivity contribution is 0.0638. The normalized spacial score (nSPS) is 17.8. The van der Waals surface area contributed by atoms with Gasteiger partial charge in [-0.1, -0.05) is 11.6 Å². The van der Waals surface area contributed by atoms with E-state index < -0.39 is 0 Å². The van der Waals surface area contributed by atoms with Gasteiger partial charge in [-0.15, -0.1) is 0 Å². The third-order valence-corrected chi connectivity index (χ3v) is 7.54. The molecule has 2 aliphatic rings. The SMILES string of the molecule is CC(C)OC(=O)N1CCC(c2[nH]n(-c3nc4ccc(Cl)cc4[nH]3)c(=O)c2CCC2CCOCC2)CC1. The van der Waals surface area contributed by atoms with Gasteiger partial charge in [-0.3, -0.25) is 9.89 Å². The van der Waals surface area contributed by atoms with Crippen LogP contribution in [0.3, 0.4) is 0 Å². The fourth-order valence-electron chi connectivity index (χ4n) is 5.30. The van der Waals surface area contributed by atoms with Crippen LogP contribution in [0.1, 0.15) is 63.1 Å². The molecule has 2 fully saturated rings. The molecule has 2 aliphatic heterocycles. The van der Waals surface area contributed by atoms with Crippen LogP contribution in [0, 0.1) is 5.92 Å². The van der Waals surface area contributed by atoms with Gasteiger partial charge in [0.1, 0.15) is 0 Å². The fraction of sp³-hybridized carbons (Fsp3) is 0.577. The highest BCUT2D eigenvalue weighted by molar-refractivity contribution is 6.31. The maximum Gasteiger partial charge on any atom is 0.410 e. The molecule has 0 radical (unpaired) electrons. The number of nitrogens with one attached hydrogen (secondary N) is 2. The van der Waals surface area contributed by atoms with Gasteiger partial charge in [0.15, 0.2) is 0 Å². The summed E-state index contributed by atoms with van der Waals surface area (Å²) in [5.74, 6) is 1.18. The Kier molecular flexibility index (Phi) is 7.39. The van der Waals surface area contributed by atoms with Crippen molar-refractivity contribution in [3.63, 3.8) is 0 Å². The van der Waals surface area contributed by atoms with E-state index in [0.29, 0.717) is 36.4 Å². The first-order chi connectivity index (χ1) is 17.4. The second-order valence-electron chi connectivity index (χ2n) is 10.2. The molecule has 194 valence electrons. The fourth-order valence-corrected chi connectivity index (χ4v) is 5.47. The number of benzene rings is 1. The summed E-state index contributed by atoms with van der Waals surface area (Å²) in [5.41, 5.74) is 3.24. The van der Waals surface area contributed by atoms with Gasteiger partial charge >= 0.3 is 6.09 Å². The second-order valence-corrected chi connectivity index (χ2v) is 10.6. The molecular weight excluding hydrogens is 482 g/mol. The summed E-state index contributed by atoms with van der Waals surface area (Å²) in [6, 6.07) is 5.43. The minimum Gasteiger partial charge on any atom is -0.447 e. The number of nitrogens with zero attached hydrogens (tertiary/aromatic N) is 3. The van der Waals surface area contributed by atoms with Gasteiger partial charge in [-0.2, -0.15) is 4.68 Å². The number of hydrogen-bond donors (Lipinski definition) is 2. The predicted molar refractivity (Wildman–Crippen MR) is 138 cm³/mol. The van der Waals surface area contributed by atoms with E-state index in [2.05, 4.69) is 15.1 Å². The molecular formula is C26H34ClN5O4. The lowest BCUT2D eigenvalue weighted by Crippen LogP contribution is -2.39. The van der Waals surface area contributed by atoms with E-state index >= 15 is 0 Å². The van der Waals surface area contributed by atoms with E-state index in [-0.39, 0.29) is 23.7 Å². The maximum absolute atomic E-state index is 13.7. The highest BCUT2D eigenvalue weighted by Crippen LogP contribution is 2.31. The molecule has 5 rings (SSSR count). The number of amides is 1. The second kappa shape index (κ2) is 10.7. The number of piperidine rings is 1. The van der Waals surface area contributed by atoms with Crippen LogP contribution >= 0.6 is 11.6 Å². The lowest BCUT2D eigenvalue weighted by atomic mass is 9.88. The number of carbonyl (C=O) groups is 1. The molecule has 2 N–H and O–H groups in total. The van der Waals surface area contributed by atoms with Crippen molar-refractivity contribution < 1.29 is 14.3 Å². The molecule has 1 amide bonds. The Labute approximate surface area is 215 Å². The molecule has 9 nitrogen and oxygen atoms in total. The zero-order valence-electron chi connectivity index (χ0n) is 20.9. The summed E-state index contributed by atoms with van der Waals surface area (Å²) < 4.78 is 12.4. The standard InChI is InChI=1S/C26H34ClN5O4/c1-16(2)36-26(34)31-11-7-18(8-12-31)23-20(5-3-17-9-13-35-14-10-17)24(33)32(30-23)25-28-21-6-4-19(27)15-22(21)29-25/h4,6,15-18,30H,3,5,7-14H2,1-2H3,(H,28,29). The zero-order chi connectivity index (χ0) is 25.2. The first kappa shape index (κ1) is 24.9. The third kappa shape index (κ3) is 5.32. The van der Waals surface area contributed by atoms with Crippen LogP contribution in [0.25, 0.3) is 17.0 Å². The molecule has 10 heteroatoms. The summed E-state index contributed by atoms with van der Waals surface area (Å²) in [4.78, 5) is 35.7. The van der Waals surface area contributed by atoms with Gasteiger partial charge in [0, 0.05) is 48.5 Å². The Morgan fingerprint density at radius 3 is 2.69 bits per heavy atom. The average Bonchev–Trinajstić information content (AvgIpc) is 3.43. The molecule has 2 saturated heterocycles. The van der Waals surface area contributed by atoms with Crippen molar-refractivity contribution in [2.24, 2.45) is 5.92 Å². The monoisotopic (exact) mass is 515 g/mol. The molecule has 3 aromatic rings. The van der Waals surface area contributed by atoms with Crippen LogP contribution < -0.4 is 5.56 Å². The number of likely N-dealkylation sites (tertiary alicyclic amines) is 1. The zero-order valence-corrected chi connectivity index (χ0v) is 21.6. The summed E-state index contributed by atoms with van der Waals surface area (Å²) in [6.45, 7) is 6.50. The summed E-state index contributed by atoms with van der Waals surface area (Å²) >= 11 is 6.14. The highest BCUT2D eigenvalue weighted by atomic mass is 35.5. The molecule has 36 heavy (non-hydrogen) atoms. The van der Waals surface area contributed by atoms with Crippen molar-refractivity contribution in [3.8, 4) is 5.95 Å². The number of imidazole rings is 1. The van der Waals surface area contributed by atoms with Crippen LogP contribution in [-0.2, 0) is 15.9 Å². The Hall–Kier alpha value is -2.78. The number of aromatic nitrogens is 4. The van der Waals surface area contributed by atoms with Gasteiger partial charge in [0.2, 0.25) is 5.95 Å². The number of halogens is 1. The quantitative estimate of drug-likeness (QED) is 0.491. The molecule has 0 spiro atoms. The minimum absolute atomic E-state index is 0.0659. The van der Waals surface area contributed by atoms with Crippen molar-refractivity contribution in [1.82, 2.24) is 24.6 Å². The van der Waals surface area contributed by atoms with Crippen LogP contribution in [0.4, 0.5) is 4.79 Å². The van der Waals surface area contributed by atoms with Crippen LogP contribution in [0.5, 0.6) is 0 Å². The number of hydrogen-bond acceptors (Lipinski definition) is 5. The van der Waals surface area contributed by atoms with Crippen molar-refractivity contribution in [3.05, 3.63) is 44.8 Å². The summed E-state index contributed by atoms with van der Waals surface area (Å²) in [7, 11) is 0. The van der Waals surface area contributed by atoms with Crippen LogP contribution in [0.15, 0.2) is 23.0 Å².